The highest BCUT2D eigenvalue weighted by Gasteiger charge is 2.35. The fraction of sp³-hybridized carbons (Fsp3) is 0.250. The Morgan fingerprint density at radius 1 is 1.36 bits per heavy atom. The second-order valence-electron chi connectivity index (χ2n) is 2.67. The normalized spacial score (nSPS) is 15.6. The summed E-state index contributed by atoms with van der Waals surface area (Å²) in [5.74, 6) is 0. The zero-order valence-electron chi connectivity index (χ0n) is 9.84. The average molecular weight is 207 g/mol. The summed E-state index contributed by atoms with van der Waals surface area (Å²) in [6.07, 6.45) is -4.77. The van der Waals surface area contributed by atoms with Crippen molar-refractivity contribution in [2.75, 3.05) is 0 Å². The van der Waals surface area contributed by atoms with Crippen LogP contribution in [0.4, 0.5) is 13.2 Å². The van der Waals surface area contributed by atoms with E-state index in [0.717, 1.165) is 6.07 Å². The van der Waals surface area contributed by atoms with Crippen LogP contribution in [0.5, 0.6) is 0 Å². The predicted octanol–water partition coefficient (Wildman–Crippen LogP) is 0.694. The molecule has 0 amide bonds. The van der Waals surface area contributed by atoms with Crippen LogP contribution < -0.4 is 5.46 Å². The molecular weight excluding hydrogens is 196 g/mol. The molecular formula is C8H8BF3O2. The van der Waals surface area contributed by atoms with Crippen LogP contribution >= 0.6 is 0 Å². The molecule has 0 aliphatic rings. The topological polar surface area (TPSA) is 40.5 Å². The quantitative estimate of drug-likeness (QED) is 0.665. The lowest BCUT2D eigenvalue weighted by Crippen LogP contribution is -2.36. The van der Waals surface area contributed by atoms with Gasteiger partial charge in [0.15, 0.2) is 0 Å². The Morgan fingerprint density at radius 3 is 2.43 bits per heavy atom. The third-order valence-electron chi connectivity index (χ3n) is 1.64. The van der Waals surface area contributed by atoms with Gasteiger partial charge in [-0.3, -0.25) is 0 Å². The Kier molecular flexibility index (Phi) is 1.89. The molecule has 76 valence electrons. The van der Waals surface area contributed by atoms with Crippen molar-refractivity contribution in [3.8, 4) is 0 Å². The van der Waals surface area contributed by atoms with E-state index in [2.05, 4.69) is 0 Å². The number of benzene rings is 1. The Labute approximate surface area is 83.4 Å². The van der Waals surface area contributed by atoms with Gasteiger partial charge < -0.3 is 10.0 Å². The minimum atomic E-state index is -4.77. The van der Waals surface area contributed by atoms with Crippen molar-refractivity contribution in [2.45, 2.75) is 13.0 Å². The van der Waals surface area contributed by atoms with Crippen LogP contribution in [-0.4, -0.2) is 17.2 Å². The Morgan fingerprint density at radius 2 is 2.00 bits per heavy atom. The molecule has 1 aromatic rings. The largest absolute Gasteiger partial charge is 0.489 e. The molecule has 1 rings (SSSR count). The first-order chi connectivity index (χ1) is 7.53. The number of hydrogen-bond acceptors (Lipinski definition) is 2. The van der Waals surface area contributed by atoms with Crippen molar-refractivity contribution in [3.05, 3.63) is 29.3 Å². The summed E-state index contributed by atoms with van der Waals surface area (Å²) in [5.41, 5.74) is -2.51. The van der Waals surface area contributed by atoms with E-state index >= 15 is 0 Å². The fourth-order valence-electron chi connectivity index (χ4n) is 1.03. The molecule has 0 spiro atoms. The maximum atomic E-state index is 12.5. The molecule has 0 aliphatic heterocycles. The molecule has 0 bridgehead atoms. The summed E-state index contributed by atoms with van der Waals surface area (Å²) in [5, 5.41) is 17.7. The van der Waals surface area contributed by atoms with E-state index in [1.165, 1.54) is 0 Å². The van der Waals surface area contributed by atoms with Gasteiger partial charge in [-0.25, -0.2) is 0 Å². The van der Waals surface area contributed by atoms with Gasteiger partial charge in [-0.2, -0.15) is 13.2 Å². The minimum absolute atomic E-state index is 0.381. The highest BCUT2D eigenvalue weighted by Crippen LogP contribution is 2.28. The summed E-state index contributed by atoms with van der Waals surface area (Å²) in [4.78, 5) is 0. The molecule has 0 aromatic heterocycles. The maximum absolute atomic E-state index is 12.5. The summed E-state index contributed by atoms with van der Waals surface area (Å²) in [7, 11) is -2.38. The summed E-state index contributed by atoms with van der Waals surface area (Å²) in [6, 6.07) is 1.94. The summed E-state index contributed by atoms with van der Waals surface area (Å²) >= 11 is 0. The van der Waals surface area contributed by atoms with Crippen molar-refractivity contribution in [1.82, 2.24) is 0 Å². The number of rotatable bonds is 1. The van der Waals surface area contributed by atoms with Gasteiger partial charge in [0.1, 0.15) is 0 Å². The zero-order valence-corrected chi connectivity index (χ0v) is 6.84. The van der Waals surface area contributed by atoms with Crippen molar-refractivity contribution in [2.24, 2.45) is 0 Å². The first-order valence-corrected chi connectivity index (χ1v) is 3.61. The van der Waals surface area contributed by atoms with Crippen LogP contribution in [0.25, 0.3) is 0 Å². The van der Waals surface area contributed by atoms with Crippen molar-refractivity contribution < 1.29 is 27.3 Å². The second-order valence-corrected chi connectivity index (χ2v) is 2.67. The third-order valence-corrected chi connectivity index (χ3v) is 1.64. The van der Waals surface area contributed by atoms with Crippen LogP contribution in [0.3, 0.4) is 0 Å². The number of hydrogen-bond donors (Lipinski definition) is 2. The molecule has 1 aromatic carbocycles. The number of aryl methyl sites for hydroxylation is 1. The van der Waals surface area contributed by atoms with Crippen LogP contribution in [-0.2, 0) is 6.18 Å². The van der Waals surface area contributed by atoms with E-state index in [0.29, 0.717) is 12.1 Å². The van der Waals surface area contributed by atoms with E-state index < -0.39 is 31.2 Å². The fourth-order valence-corrected chi connectivity index (χ4v) is 1.03. The van der Waals surface area contributed by atoms with E-state index in [1.54, 1.807) is 0 Å². The lowest BCUT2D eigenvalue weighted by Gasteiger charge is -2.12. The molecule has 0 saturated carbocycles. The van der Waals surface area contributed by atoms with Gasteiger partial charge in [-0.1, -0.05) is 23.8 Å². The van der Waals surface area contributed by atoms with Gasteiger partial charge in [0, 0.05) is 4.11 Å². The molecule has 0 saturated heterocycles. The molecule has 2 nitrogen and oxygen atoms in total. The lowest BCUT2D eigenvalue weighted by atomic mass is 9.76. The van der Waals surface area contributed by atoms with Gasteiger partial charge in [-0.05, 0) is 12.3 Å². The van der Waals surface area contributed by atoms with E-state index in [4.69, 9.17) is 14.2 Å². The van der Waals surface area contributed by atoms with E-state index in [-0.39, 0.29) is 5.56 Å². The number of alkyl halides is 3. The molecule has 0 unspecified atom stereocenters. The van der Waals surface area contributed by atoms with Crippen molar-refractivity contribution in [3.63, 3.8) is 0 Å². The van der Waals surface area contributed by atoms with Gasteiger partial charge in [0.2, 0.25) is 0 Å². The smallest absolute Gasteiger partial charge is 0.423 e. The van der Waals surface area contributed by atoms with Crippen LogP contribution in [0.2, 0.25) is 0 Å². The molecule has 2 N–H and O–H groups in total. The number of halogens is 3. The highest BCUT2D eigenvalue weighted by atomic mass is 19.4. The maximum Gasteiger partial charge on any atom is 0.489 e. The van der Waals surface area contributed by atoms with Crippen LogP contribution in [0.15, 0.2) is 18.2 Å². The molecule has 0 heterocycles. The Bertz CT molecular complexity index is 417. The molecule has 0 fully saturated rings. The summed E-state index contributed by atoms with van der Waals surface area (Å²) in [6.45, 7) is -2.60. The lowest BCUT2D eigenvalue weighted by molar-refractivity contribution is -0.136. The third kappa shape index (κ3) is 2.27. The molecule has 0 radical (unpaired) electrons. The van der Waals surface area contributed by atoms with Crippen molar-refractivity contribution in [1.29, 1.82) is 0 Å². The van der Waals surface area contributed by atoms with E-state index in [1.807, 2.05) is 0 Å². The Balaban J connectivity index is 3.38. The predicted molar refractivity (Wildman–Crippen MR) is 46.0 cm³/mol. The molecule has 14 heavy (non-hydrogen) atoms. The monoisotopic (exact) mass is 207 g/mol. The standard InChI is InChI=1S/C8H8BF3O2/c1-5-2-3-6(8(10,11)12)7(4-5)9(13)14/h2-4,13-14H,1H3/i1D3. The van der Waals surface area contributed by atoms with Gasteiger partial charge in [0.25, 0.3) is 0 Å². The van der Waals surface area contributed by atoms with Gasteiger partial charge in [-0.15, -0.1) is 0 Å². The molecule has 0 aliphatic carbocycles. The first-order valence-electron chi connectivity index (χ1n) is 5.11. The van der Waals surface area contributed by atoms with Crippen LogP contribution in [0.1, 0.15) is 15.2 Å². The SMILES string of the molecule is [2H]C([2H])([2H])c1ccc(C(F)(F)F)c(B(O)O)c1. The first kappa shape index (κ1) is 7.31. The average Bonchev–Trinajstić information content (AvgIpc) is 2.14. The highest BCUT2D eigenvalue weighted by molar-refractivity contribution is 6.59. The minimum Gasteiger partial charge on any atom is -0.423 e. The van der Waals surface area contributed by atoms with Crippen LogP contribution in [0, 0.1) is 6.85 Å². The van der Waals surface area contributed by atoms with Gasteiger partial charge >= 0.3 is 13.3 Å². The van der Waals surface area contributed by atoms with E-state index in [9.17, 15) is 13.2 Å². The van der Waals surface area contributed by atoms with Crippen molar-refractivity contribution >= 4 is 12.6 Å². The summed E-state index contributed by atoms with van der Waals surface area (Å²) < 4.78 is 58.5. The zero-order chi connectivity index (χ0) is 13.4. The Hall–Kier alpha value is -1.01. The molecule has 0 atom stereocenters. The second kappa shape index (κ2) is 3.63. The molecule has 6 heteroatoms. The van der Waals surface area contributed by atoms with Gasteiger partial charge in [0.05, 0.1) is 5.56 Å².